The van der Waals surface area contributed by atoms with Gasteiger partial charge in [0.2, 0.25) is 0 Å². The van der Waals surface area contributed by atoms with Crippen LogP contribution in [0.5, 0.6) is 0 Å². The van der Waals surface area contributed by atoms with Gasteiger partial charge in [0.05, 0.1) is 0 Å². The van der Waals surface area contributed by atoms with Crippen molar-refractivity contribution in [2.24, 2.45) is 0 Å². The van der Waals surface area contributed by atoms with Crippen LogP contribution < -0.4 is 5.32 Å². The van der Waals surface area contributed by atoms with Crippen LogP contribution in [0.25, 0.3) is 0 Å². The summed E-state index contributed by atoms with van der Waals surface area (Å²) in [6.07, 6.45) is 7.60. The van der Waals surface area contributed by atoms with Gasteiger partial charge in [0.15, 0.2) is 0 Å². The molecule has 0 bridgehead atoms. The molecule has 1 heterocycles. The van der Waals surface area contributed by atoms with Gasteiger partial charge >= 0.3 is 0 Å². The monoisotopic (exact) mass is 230 g/mol. The minimum atomic E-state index is 0.818. The summed E-state index contributed by atoms with van der Waals surface area (Å²) < 4.78 is 0. The zero-order chi connectivity index (χ0) is 10.9. The van der Waals surface area contributed by atoms with E-state index in [1.54, 1.807) is 0 Å². The molecule has 1 rings (SSSR count). The highest BCUT2D eigenvalue weighted by Crippen LogP contribution is 2.17. The van der Waals surface area contributed by atoms with Crippen LogP contribution in [0.2, 0.25) is 0 Å². The Morgan fingerprint density at radius 1 is 1.47 bits per heavy atom. The lowest BCUT2D eigenvalue weighted by Gasteiger charge is -2.24. The highest BCUT2D eigenvalue weighted by atomic mass is 32.2. The molecular formula is C12H26N2S. The molecule has 1 aliphatic rings. The molecule has 1 N–H and O–H groups in total. The van der Waals surface area contributed by atoms with Crippen LogP contribution in [0.1, 0.15) is 32.6 Å². The minimum absolute atomic E-state index is 0.818. The maximum Gasteiger partial charge on any atom is 0.0221 e. The first-order valence-electron chi connectivity index (χ1n) is 6.32. The molecule has 0 aromatic heterocycles. The summed E-state index contributed by atoms with van der Waals surface area (Å²) in [5, 5.41) is 3.55. The molecule has 3 heteroatoms. The number of nitrogens with zero attached hydrogens (tertiary/aromatic N) is 1. The number of nitrogens with one attached hydrogen (secondary N) is 1. The summed E-state index contributed by atoms with van der Waals surface area (Å²) in [6.45, 7) is 7.24. The van der Waals surface area contributed by atoms with Crippen molar-refractivity contribution in [1.29, 1.82) is 0 Å². The summed E-state index contributed by atoms with van der Waals surface area (Å²) in [4.78, 5) is 2.68. The highest BCUT2D eigenvalue weighted by Gasteiger charge is 2.22. The number of rotatable bonds is 8. The fraction of sp³-hybridized carbons (Fsp3) is 1.00. The quantitative estimate of drug-likeness (QED) is 0.644. The van der Waals surface area contributed by atoms with Gasteiger partial charge in [-0.15, -0.1) is 0 Å². The van der Waals surface area contributed by atoms with Gasteiger partial charge < -0.3 is 5.32 Å². The maximum atomic E-state index is 3.55. The van der Waals surface area contributed by atoms with E-state index < -0.39 is 0 Å². The van der Waals surface area contributed by atoms with Crippen molar-refractivity contribution in [2.45, 2.75) is 38.6 Å². The van der Waals surface area contributed by atoms with Gasteiger partial charge in [0.1, 0.15) is 0 Å². The molecule has 1 aliphatic heterocycles. The summed E-state index contributed by atoms with van der Waals surface area (Å²) >= 11 is 1.97. The van der Waals surface area contributed by atoms with E-state index in [1.807, 2.05) is 11.8 Å². The maximum absolute atomic E-state index is 3.55. The van der Waals surface area contributed by atoms with Gasteiger partial charge in [-0.3, -0.25) is 4.90 Å². The van der Waals surface area contributed by atoms with E-state index in [9.17, 15) is 0 Å². The molecule has 15 heavy (non-hydrogen) atoms. The van der Waals surface area contributed by atoms with E-state index in [-0.39, 0.29) is 0 Å². The first-order chi connectivity index (χ1) is 7.38. The van der Waals surface area contributed by atoms with Crippen LogP contribution in [0.4, 0.5) is 0 Å². The average Bonchev–Trinajstić information content (AvgIpc) is 2.67. The SMILES string of the molecule is CCCNCC1CCCN1CCCSC. The molecule has 0 aromatic carbocycles. The van der Waals surface area contributed by atoms with Gasteiger partial charge in [-0.1, -0.05) is 6.92 Å². The molecule has 0 saturated carbocycles. The van der Waals surface area contributed by atoms with Gasteiger partial charge in [0.25, 0.3) is 0 Å². The predicted octanol–water partition coefficient (Wildman–Crippen LogP) is 2.20. The van der Waals surface area contributed by atoms with E-state index in [0.29, 0.717) is 0 Å². The average molecular weight is 230 g/mol. The second-order valence-electron chi connectivity index (χ2n) is 4.38. The number of likely N-dealkylation sites (tertiary alicyclic amines) is 1. The second-order valence-corrected chi connectivity index (χ2v) is 5.37. The fourth-order valence-electron chi connectivity index (χ4n) is 2.28. The first-order valence-corrected chi connectivity index (χ1v) is 7.71. The Bertz CT molecular complexity index is 137. The van der Waals surface area contributed by atoms with Crippen molar-refractivity contribution in [3.8, 4) is 0 Å². The number of thioether (sulfide) groups is 1. The van der Waals surface area contributed by atoms with Crippen molar-refractivity contribution in [3.63, 3.8) is 0 Å². The smallest absolute Gasteiger partial charge is 0.0221 e. The largest absolute Gasteiger partial charge is 0.315 e. The minimum Gasteiger partial charge on any atom is -0.315 e. The lowest BCUT2D eigenvalue weighted by molar-refractivity contribution is 0.249. The molecule has 2 nitrogen and oxygen atoms in total. The Kier molecular flexibility index (Phi) is 7.49. The van der Waals surface area contributed by atoms with E-state index in [4.69, 9.17) is 0 Å². The molecule has 0 radical (unpaired) electrons. The van der Waals surface area contributed by atoms with Crippen LogP contribution in [0, 0.1) is 0 Å². The third-order valence-corrected chi connectivity index (χ3v) is 3.80. The van der Waals surface area contributed by atoms with Crippen molar-refractivity contribution in [3.05, 3.63) is 0 Å². The van der Waals surface area contributed by atoms with Gasteiger partial charge in [-0.2, -0.15) is 11.8 Å². The molecule has 90 valence electrons. The molecule has 0 spiro atoms. The molecule has 0 aliphatic carbocycles. The molecule has 1 fully saturated rings. The van der Waals surface area contributed by atoms with Crippen LogP contribution >= 0.6 is 11.8 Å². The molecule has 0 aromatic rings. The van der Waals surface area contributed by atoms with E-state index in [2.05, 4.69) is 23.4 Å². The summed E-state index contributed by atoms with van der Waals surface area (Å²) in [5.41, 5.74) is 0. The van der Waals surface area contributed by atoms with Crippen molar-refractivity contribution in [2.75, 3.05) is 38.2 Å². The summed E-state index contributed by atoms with van der Waals surface area (Å²) in [5.74, 6) is 1.31. The van der Waals surface area contributed by atoms with E-state index in [0.717, 1.165) is 6.04 Å². The van der Waals surface area contributed by atoms with Crippen LogP contribution in [0.3, 0.4) is 0 Å². The van der Waals surface area contributed by atoms with E-state index in [1.165, 1.54) is 57.6 Å². The zero-order valence-corrected chi connectivity index (χ0v) is 11.1. The van der Waals surface area contributed by atoms with Crippen molar-refractivity contribution in [1.82, 2.24) is 10.2 Å². The normalized spacial score (nSPS) is 22.4. The van der Waals surface area contributed by atoms with Gasteiger partial charge in [0, 0.05) is 12.6 Å². The molecule has 0 amide bonds. The van der Waals surface area contributed by atoms with E-state index >= 15 is 0 Å². The predicted molar refractivity (Wildman–Crippen MR) is 70.8 cm³/mol. The Labute approximate surface area is 99.2 Å². The lowest BCUT2D eigenvalue weighted by Crippen LogP contribution is -2.38. The van der Waals surface area contributed by atoms with Gasteiger partial charge in [-0.25, -0.2) is 0 Å². The van der Waals surface area contributed by atoms with Crippen LogP contribution in [-0.4, -0.2) is 49.1 Å². The Morgan fingerprint density at radius 3 is 3.07 bits per heavy atom. The third kappa shape index (κ3) is 5.23. The molecular weight excluding hydrogens is 204 g/mol. The number of hydrogen-bond donors (Lipinski definition) is 1. The standard InChI is InChI=1S/C12H26N2S/c1-3-7-13-11-12-6-4-8-14(12)9-5-10-15-2/h12-13H,3-11H2,1-2H3. The topological polar surface area (TPSA) is 15.3 Å². The summed E-state index contributed by atoms with van der Waals surface area (Å²) in [6, 6.07) is 0.818. The molecule has 1 unspecified atom stereocenters. The number of hydrogen-bond acceptors (Lipinski definition) is 3. The third-order valence-electron chi connectivity index (χ3n) is 3.10. The Hall–Kier alpha value is 0.270. The first kappa shape index (κ1) is 13.3. The Morgan fingerprint density at radius 2 is 2.33 bits per heavy atom. The summed E-state index contributed by atoms with van der Waals surface area (Å²) in [7, 11) is 0. The van der Waals surface area contributed by atoms with Crippen LogP contribution in [0.15, 0.2) is 0 Å². The fourth-order valence-corrected chi connectivity index (χ4v) is 2.70. The molecule has 1 atom stereocenters. The lowest BCUT2D eigenvalue weighted by atomic mass is 10.2. The molecule has 1 saturated heterocycles. The zero-order valence-electron chi connectivity index (χ0n) is 10.3. The van der Waals surface area contributed by atoms with Crippen molar-refractivity contribution >= 4 is 11.8 Å². The second kappa shape index (κ2) is 8.43. The Balaban J connectivity index is 2.11. The van der Waals surface area contributed by atoms with Gasteiger partial charge in [-0.05, 0) is 57.3 Å². The van der Waals surface area contributed by atoms with Crippen molar-refractivity contribution < 1.29 is 0 Å². The van der Waals surface area contributed by atoms with Crippen LogP contribution in [-0.2, 0) is 0 Å². The highest BCUT2D eigenvalue weighted by molar-refractivity contribution is 7.98.